The van der Waals surface area contributed by atoms with Crippen LogP contribution in [-0.2, 0) is 6.61 Å². The zero-order valence-corrected chi connectivity index (χ0v) is 11.4. The fraction of sp³-hybridized carbons (Fsp3) is 0.0833. The van der Waals surface area contributed by atoms with E-state index >= 15 is 0 Å². The Bertz CT molecular complexity index is 579. The number of aromatic carboxylic acids is 1. The number of hydrogen-bond donors (Lipinski definition) is 1. The van der Waals surface area contributed by atoms with Crippen LogP contribution in [-0.4, -0.2) is 11.1 Å². The predicted molar refractivity (Wildman–Crippen MR) is 69.2 cm³/mol. The number of ether oxygens (including phenoxy) is 1. The summed E-state index contributed by atoms with van der Waals surface area (Å²) in [4.78, 5) is 10.6. The molecule has 0 fully saturated rings. The summed E-state index contributed by atoms with van der Waals surface area (Å²) in [6.45, 7) is 0.146. The van der Waals surface area contributed by atoms with E-state index in [1.807, 2.05) is 0 Å². The highest BCUT2D eigenvalue weighted by Gasteiger charge is 2.10. The van der Waals surface area contributed by atoms with Gasteiger partial charge < -0.3 is 14.3 Å². The van der Waals surface area contributed by atoms with Crippen molar-refractivity contribution in [2.24, 2.45) is 0 Å². The van der Waals surface area contributed by atoms with E-state index in [4.69, 9.17) is 25.9 Å². The Morgan fingerprint density at radius 1 is 1.39 bits per heavy atom. The van der Waals surface area contributed by atoms with Crippen LogP contribution in [0.2, 0.25) is 5.02 Å². The summed E-state index contributed by atoms with van der Waals surface area (Å²) < 4.78 is 11.3. The molecule has 0 unspecified atom stereocenters. The molecule has 2 aromatic rings. The highest BCUT2D eigenvalue weighted by Crippen LogP contribution is 2.28. The lowest BCUT2D eigenvalue weighted by molar-refractivity contribution is 0.0658. The van der Waals surface area contributed by atoms with Crippen LogP contribution in [0.1, 0.15) is 16.3 Å². The second kappa shape index (κ2) is 5.46. The third-order valence-electron chi connectivity index (χ3n) is 2.14. The fourth-order valence-electron chi connectivity index (χ4n) is 1.31. The van der Waals surface area contributed by atoms with E-state index in [1.54, 1.807) is 24.3 Å². The Morgan fingerprint density at radius 2 is 2.17 bits per heavy atom. The van der Waals surface area contributed by atoms with Crippen molar-refractivity contribution in [3.63, 3.8) is 0 Å². The zero-order valence-electron chi connectivity index (χ0n) is 9.02. The Labute approximate surface area is 116 Å². The molecule has 0 amide bonds. The SMILES string of the molecule is O=C(O)c1ccc(COc2ccc(Cl)cc2Br)o1. The zero-order chi connectivity index (χ0) is 13.1. The number of carboxylic acid groups (broad SMARTS) is 1. The molecule has 0 saturated heterocycles. The second-order valence-corrected chi connectivity index (χ2v) is 4.73. The molecule has 0 atom stereocenters. The van der Waals surface area contributed by atoms with Crippen molar-refractivity contribution in [1.82, 2.24) is 0 Å². The minimum absolute atomic E-state index is 0.108. The van der Waals surface area contributed by atoms with E-state index in [2.05, 4.69) is 15.9 Å². The molecule has 1 aromatic heterocycles. The van der Waals surface area contributed by atoms with Crippen molar-refractivity contribution in [2.45, 2.75) is 6.61 Å². The van der Waals surface area contributed by atoms with Crippen LogP contribution in [0.3, 0.4) is 0 Å². The molecule has 1 N–H and O–H groups in total. The largest absolute Gasteiger partial charge is 0.484 e. The first-order valence-corrected chi connectivity index (χ1v) is 6.13. The summed E-state index contributed by atoms with van der Waals surface area (Å²) in [6.07, 6.45) is 0. The van der Waals surface area contributed by atoms with Gasteiger partial charge in [0.2, 0.25) is 5.76 Å². The van der Waals surface area contributed by atoms with E-state index in [0.29, 0.717) is 16.5 Å². The first-order chi connectivity index (χ1) is 8.56. The average Bonchev–Trinajstić information content (AvgIpc) is 2.76. The van der Waals surface area contributed by atoms with Crippen LogP contribution in [0.25, 0.3) is 0 Å². The minimum Gasteiger partial charge on any atom is -0.484 e. The van der Waals surface area contributed by atoms with Crippen molar-refractivity contribution >= 4 is 33.5 Å². The molecule has 0 saturated carbocycles. The molecular formula is C12H8BrClO4. The van der Waals surface area contributed by atoms with Gasteiger partial charge in [-0.1, -0.05) is 11.6 Å². The lowest BCUT2D eigenvalue weighted by atomic mass is 10.3. The summed E-state index contributed by atoms with van der Waals surface area (Å²) in [7, 11) is 0. The summed E-state index contributed by atoms with van der Waals surface area (Å²) >= 11 is 9.12. The average molecular weight is 332 g/mol. The second-order valence-electron chi connectivity index (χ2n) is 3.43. The number of carbonyl (C=O) groups is 1. The van der Waals surface area contributed by atoms with Crippen LogP contribution in [0.5, 0.6) is 5.75 Å². The lowest BCUT2D eigenvalue weighted by Crippen LogP contribution is -1.95. The van der Waals surface area contributed by atoms with Gasteiger partial charge in [0.05, 0.1) is 4.47 Å². The number of carboxylic acids is 1. The van der Waals surface area contributed by atoms with Crippen molar-refractivity contribution in [3.05, 3.63) is 51.3 Å². The van der Waals surface area contributed by atoms with Gasteiger partial charge in [0, 0.05) is 5.02 Å². The van der Waals surface area contributed by atoms with Gasteiger partial charge >= 0.3 is 5.97 Å². The van der Waals surface area contributed by atoms with E-state index in [1.165, 1.54) is 6.07 Å². The summed E-state index contributed by atoms with van der Waals surface area (Å²) in [6, 6.07) is 8.08. The topological polar surface area (TPSA) is 59.7 Å². The van der Waals surface area contributed by atoms with Gasteiger partial charge in [-0.15, -0.1) is 0 Å². The van der Waals surface area contributed by atoms with E-state index in [0.717, 1.165) is 4.47 Å². The molecule has 2 rings (SSSR count). The molecule has 1 heterocycles. The lowest BCUT2D eigenvalue weighted by Gasteiger charge is -2.06. The standard InChI is InChI=1S/C12H8BrClO4/c13-9-5-7(14)1-3-10(9)17-6-8-2-4-11(18-8)12(15)16/h1-5H,6H2,(H,15,16). The van der Waals surface area contributed by atoms with E-state index < -0.39 is 5.97 Å². The molecule has 0 aliphatic carbocycles. The van der Waals surface area contributed by atoms with Crippen molar-refractivity contribution in [1.29, 1.82) is 0 Å². The Balaban J connectivity index is 2.04. The highest BCUT2D eigenvalue weighted by atomic mass is 79.9. The van der Waals surface area contributed by atoms with Crippen molar-refractivity contribution < 1.29 is 19.1 Å². The predicted octanol–water partition coefficient (Wildman–Crippen LogP) is 3.97. The monoisotopic (exact) mass is 330 g/mol. The van der Waals surface area contributed by atoms with Gasteiger partial charge in [0.15, 0.2) is 0 Å². The minimum atomic E-state index is -1.10. The molecule has 1 aromatic carbocycles. The number of benzene rings is 1. The van der Waals surface area contributed by atoms with Crippen molar-refractivity contribution in [2.75, 3.05) is 0 Å². The smallest absolute Gasteiger partial charge is 0.371 e. The normalized spacial score (nSPS) is 10.3. The number of halogens is 2. The molecule has 0 aliphatic rings. The summed E-state index contributed by atoms with van der Waals surface area (Å²) in [5, 5.41) is 9.30. The van der Waals surface area contributed by atoms with Crippen LogP contribution < -0.4 is 4.74 Å². The van der Waals surface area contributed by atoms with Gasteiger partial charge in [-0.3, -0.25) is 0 Å². The molecule has 0 aliphatic heterocycles. The van der Waals surface area contributed by atoms with Gasteiger partial charge in [-0.2, -0.15) is 0 Å². The maximum atomic E-state index is 10.6. The quantitative estimate of drug-likeness (QED) is 0.921. The fourth-order valence-corrected chi connectivity index (χ4v) is 2.11. The third-order valence-corrected chi connectivity index (χ3v) is 2.99. The number of furan rings is 1. The van der Waals surface area contributed by atoms with Gasteiger partial charge in [-0.05, 0) is 46.3 Å². The maximum Gasteiger partial charge on any atom is 0.371 e. The first kappa shape index (κ1) is 13.0. The van der Waals surface area contributed by atoms with Gasteiger partial charge in [0.1, 0.15) is 18.1 Å². The van der Waals surface area contributed by atoms with E-state index in [-0.39, 0.29) is 12.4 Å². The highest BCUT2D eigenvalue weighted by molar-refractivity contribution is 9.10. The third kappa shape index (κ3) is 3.05. The summed E-state index contributed by atoms with van der Waals surface area (Å²) in [5.74, 6) is -0.167. The van der Waals surface area contributed by atoms with Gasteiger partial charge in [-0.25, -0.2) is 4.79 Å². The number of rotatable bonds is 4. The Kier molecular flexibility index (Phi) is 3.93. The first-order valence-electron chi connectivity index (χ1n) is 4.96. The number of hydrogen-bond acceptors (Lipinski definition) is 3. The molecule has 4 nitrogen and oxygen atoms in total. The molecule has 0 radical (unpaired) electrons. The molecule has 6 heteroatoms. The Hall–Kier alpha value is -1.46. The van der Waals surface area contributed by atoms with Crippen LogP contribution >= 0.6 is 27.5 Å². The van der Waals surface area contributed by atoms with E-state index in [9.17, 15) is 4.79 Å². The molecular weight excluding hydrogens is 323 g/mol. The van der Waals surface area contributed by atoms with Crippen molar-refractivity contribution in [3.8, 4) is 5.75 Å². The Morgan fingerprint density at radius 3 is 2.78 bits per heavy atom. The molecule has 94 valence electrons. The summed E-state index contributed by atoms with van der Waals surface area (Å²) in [5.41, 5.74) is 0. The van der Waals surface area contributed by atoms with Crippen LogP contribution in [0, 0.1) is 0 Å². The molecule has 0 bridgehead atoms. The molecule has 18 heavy (non-hydrogen) atoms. The van der Waals surface area contributed by atoms with Crippen LogP contribution in [0.15, 0.2) is 39.2 Å². The maximum absolute atomic E-state index is 10.6. The van der Waals surface area contributed by atoms with Crippen LogP contribution in [0.4, 0.5) is 0 Å². The molecule has 0 spiro atoms. The van der Waals surface area contributed by atoms with Gasteiger partial charge in [0.25, 0.3) is 0 Å².